The predicted molar refractivity (Wildman–Crippen MR) is 105 cm³/mol. The van der Waals surface area contributed by atoms with Gasteiger partial charge in [0.25, 0.3) is 5.91 Å². The van der Waals surface area contributed by atoms with Gasteiger partial charge in [0.2, 0.25) is 0 Å². The average Bonchev–Trinajstić information content (AvgIpc) is 3.16. The molecule has 0 bridgehead atoms. The molecule has 3 heterocycles. The molecule has 2 aliphatic rings. The number of carbonyl (C=O) groups is 1. The number of nitrogens with one attached hydrogen (secondary N) is 1. The molecule has 2 aromatic rings. The van der Waals surface area contributed by atoms with Crippen molar-refractivity contribution in [2.75, 3.05) is 45.7 Å². The number of methoxy groups -OCH3 is 1. The van der Waals surface area contributed by atoms with Crippen molar-refractivity contribution in [1.82, 2.24) is 19.6 Å². The van der Waals surface area contributed by atoms with E-state index in [0.717, 1.165) is 17.8 Å². The van der Waals surface area contributed by atoms with Crippen molar-refractivity contribution in [3.05, 3.63) is 41.6 Å². The molecule has 162 valence electrons. The number of likely N-dealkylation sites (N-methyl/N-ethyl adjacent to an activating group) is 1. The fraction of sp³-hybridized carbons (Fsp3) is 0.500. The first-order valence-electron chi connectivity index (χ1n) is 9.80. The number of hydrogen-bond acceptors (Lipinski definition) is 5. The lowest BCUT2D eigenvalue weighted by atomic mass is 9.96. The largest absolute Gasteiger partial charge is 0.497 e. The van der Waals surface area contributed by atoms with E-state index in [4.69, 9.17) is 4.74 Å². The van der Waals surface area contributed by atoms with Gasteiger partial charge in [0, 0.05) is 32.6 Å². The lowest BCUT2D eigenvalue weighted by molar-refractivity contribution is -0.173. The second-order valence-electron chi connectivity index (χ2n) is 7.71. The van der Waals surface area contributed by atoms with E-state index in [0.29, 0.717) is 24.4 Å². The van der Waals surface area contributed by atoms with Crippen LogP contribution in [0, 0.1) is 0 Å². The Hall–Kier alpha value is -2.75. The summed E-state index contributed by atoms with van der Waals surface area (Å²) in [6.07, 6.45) is -3.47. The lowest BCUT2D eigenvalue weighted by Crippen LogP contribution is -2.47. The molecular weight excluding hydrogens is 399 g/mol. The van der Waals surface area contributed by atoms with Crippen molar-refractivity contribution in [1.29, 1.82) is 0 Å². The summed E-state index contributed by atoms with van der Waals surface area (Å²) >= 11 is 0. The molecular formula is C20H24F3N5O2. The number of carbonyl (C=O) groups excluding carboxylic acids is 1. The van der Waals surface area contributed by atoms with Gasteiger partial charge in [-0.1, -0.05) is 12.1 Å². The van der Waals surface area contributed by atoms with E-state index in [1.54, 1.807) is 29.2 Å². The Balaban J connectivity index is 1.68. The zero-order valence-corrected chi connectivity index (χ0v) is 16.8. The number of piperazine rings is 1. The first-order chi connectivity index (χ1) is 14.3. The SMILES string of the molecule is COc1cccc([C@H]2C[C@@H](C(F)(F)F)n3ncc(C(=O)N4CCN(C)CC4)c3N2)c1. The van der Waals surface area contributed by atoms with Crippen LogP contribution in [-0.4, -0.2) is 72.0 Å². The Labute approximate surface area is 172 Å². The molecule has 0 spiro atoms. The highest BCUT2D eigenvalue weighted by molar-refractivity contribution is 5.99. The number of benzene rings is 1. The van der Waals surface area contributed by atoms with Gasteiger partial charge in [-0.15, -0.1) is 0 Å². The van der Waals surface area contributed by atoms with Gasteiger partial charge in [-0.2, -0.15) is 18.3 Å². The smallest absolute Gasteiger partial charge is 0.410 e. The van der Waals surface area contributed by atoms with Gasteiger partial charge in [0.1, 0.15) is 17.1 Å². The first-order valence-corrected chi connectivity index (χ1v) is 9.80. The Morgan fingerprint density at radius 1 is 1.23 bits per heavy atom. The van der Waals surface area contributed by atoms with Gasteiger partial charge in [-0.3, -0.25) is 4.79 Å². The highest BCUT2D eigenvalue weighted by Crippen LogP contribution is 2.44. The summed E-state index contributed by atoms with van der Waals surface area (Å²) in [7, 11) is 3.48. The summed E-state index contributed by atoms with van der Waals surface area (Å²) < 4.78 is 47.7. The monoisotopic (exact) mass is 423 g/mol. The van der Waals surface area contributed by atoms with Crippen molar-refractivity contribution in [2.24, 2.45) is 0 Å². The summed E-state index contributed by atoms with van der Waals surface area (Å²) in [5.41, 5.74) is 0.829. The minimum absolute atomic E-state index is 0.111. The molecule has 1 fully saturated rings. The third-order valence-corrected chi connectivity index (χ3v) is 5.76. The number of nitrogens with zero attached hydrogens (tertiary/aromatic N) is 4. The van der Waals surface area contributed by atoms with Crippen LogP contribution in [0.25, 0.3) is 0 Å². The molecule has 10 heteroatoms. The summed E-state index contributed by atoms with van der Waals surface area (Å²) in [6.45, 7) is 2.50. The quantitative estimate of drug-likeness (QED) is 0.823. The summed E-state index contributed by atoms with van der Waals surface area (Å²) in [5, 5.41) is 7.08. The highest BCUT2D eigenvalue weighted by Gasteiger charge is 2.47. The van der Waals surface area contributed by atoms with Crippen molar-refractivity contribution < 1.29 is 22.7 Å². The van der Waals surface area contributed by atoms with E-state index in [2.05, 4.69) is 15.3 Å². The molecule has 1 aromatic carbocycles. The summed E-state index contributed by atoms with van der Waals surface area (Å²) in [6, 6.07) is 4.48. The van der Waals surface area contributed by atoms with Crippen molar-refractivity contribution in [3.8, 4) is 5.75 Å². The van der Waals surface area contributed by atoms with E-state index in [9.17, 15) is 18.0 Å². The van der Waals surface area contributed by atoms with Crippen molar-refractivity contribution in [3.63, 3.8) is 0 Å². The molecule has 0 unspecified atom stereocenters. The number of aromatic nitrogens is 2. The molecule has 0 saturated carbocycles. The van der Waals surface area contributed by atoms with Crippen LogP contribution in [0.1, 0.15) is 34.4 Å². The minimum Gasteiger partial charge on any atom is -0.497 e. The zero-order valence-electron chi connectivity index (χ0n) is 16.8. The Morgan fingerprint density at radius 3 is 2.63 bits per heavy atom. The molecule has 1 aromatic heterocycles. The number of alkyl halides is 3. The number of halogens is 3. The van der Waals surface area contributed by atoms with Crippen LogP contribution in [0.2, 0.25) is 0 Å². The maximum atomic E-state index is 13.8. The van der Waals surface area contributed by atoms with Gasteiger partial charge in [-0.25, -0.2) is 4.68 Å². The number of ether oxygens (including phenoxy) is 1. The second-order valence-corrected chi connectivity index (χ2v) is 7.71. The molecule has 0 aliphatic carbocycles. The Bertz CT molecular complexity index is 921. The normalized spacial score (nSPS) is 22.4. The van der Waals surface area contributed by atoms with Gasteiger partial charge >= 0.3 is 6.18 Å². The van der Waals surface area contributed by atoms with Gasteiger partial charge < -0.3 is 19.9 Å². The minimum atomic E-state index is -4.49. The topological polar surface area (TPSA) is 62.6 Å². The van der Waals surface area contributed by atoms with E-state index >= 15 is 0 Å². The molecule has 1 saturated heterocycles. The number of hydrogen-bond donors (Lipinski definition) is 1. The van der Waals surface area contributed by atoms with Crippen LogP contribution < -0.4 is 10.1 Å². The maximum Gasteiger partial charge on any atom is 0.410 e. The fourth-order valence-electron chi connectivity index (χ4n) is 3.98. The standard InChI is InChI=1S/C20H24F3N5O2/c1-26-6-8-27(9-7-26)19(29)15-12-24-28-17(20(21,22)23)11-16(25-18(15)28)13-4-3-5-14(10-13)30-2/h3-5,10,12,16-17,25H,6-9,11H2,1-2H3/t16-,17+/m1/s1. The molecule has 0 radical (unpaired) electrons. The van der Waals surface area contributed by atoms with Crippen molar-refractivity contribution in [2.45, 2.75) is 24.7 Å². The Morgan fingerprint density at radius 2 is 1.97 bits per heavy atom. The first kappa shape index (κ1) is 20.5. The summed E-state index contributed by atoms with van der Waals surface area (Å²) in [5.74, 6) is 0.370. The van der Waals surface area contributed by atoms with Crippen LogP contribution in [0.15, 0.2) is 30.5 Å². The number of anilines is 1. The van der Waals surface area contributed by atoms with Gasteiger partial charge in [-0.05, 0) is 24.7 Å². The number of amides is 1. The number of rotatable bonds is 3. The van der Waals surface area contributed by atoms with E-state index in [1.807, 2.05) is 7.05 Å². The molecule has 1 amide bonds. The fourth-order valence-corrected chi connectivity index (χ4v) is 3.98. The van der Waals surface area contributed by atoms with Crippen LogP contribution >= 0.6 is 0 Å². The Kier molecular flexibility index (Phi) is 5.35. The van der Waals surface area contributed by atoms with Crippen LogP contribution in [0.5, 0.6) is 5.75 Å². The molecule has 4 rings (SSSR count). The van der Waals surface area contributed by atoms with Crippen LogP contribution in [0.3, 0.4) is 0 Å². The van der Waals surface area contributed by atoms with E-state index < -0.39 is 18.3 Å². The van der Waals surface area contributed by atoms with Crippen LogP contribution in [-0.2, 0) is 0 Å². The number of fused-ring (bicyclic) bond motifs is 1. The molecule has 30 heavy (non-hydrogen) atoms. The highest BCUT2D eigenvalue weighted by atomic mass is 19.4. The summed E-state index contributed by atoms with van der Waals surface area (Å²) in [4.78, 5) is 16.8. The van der Waals surface area contributed by atoms with Crippen LogP contribution in [0.4, 0.5) is 19.0 Å². The van der Waals surface area contributed by atoms with Gasteiger partial charge in [0.05, 0.1) is 19.3 Å². The third-order valence-electron chi connectivity index (χ3n) is 5.76. The van der Waals surface area contributed by atoms with E-state index in [-0.39, 0.29) is 23.7 Å². The predicted octanol–water partition coefficient (Wildman–Crippen LogP) is 2.94. The molecule has 1 N–H and O–H groups in total. The average molecular weight is 423 g/mol. The van der Waals surface area contributed by atoms with Crippen molar-refractivity contribution >= 4 is 11.7 Å². The molecule has 2 aliphatic heterocycles. The van der Waals surface area contributed by atoms with Gasteiger partial charge in [0.15, 0.2) is 6.04 Å². The molecule has 2 atom stereocenters. The second kappa shape index (κ2) is 7.82. The maximum absolute atomic E-state index is 13.8. The molecule has 7 nitrogen and oxygen atoms in total. The lowest BCUT2D eigenvalue weighted by Gasteiger charge is -2.35. The van der Waals surface area contributed by atoms with E-state index in [1.165, 1.54) is 13.3 Å². The zero-order chi connectivity index (χ0) is 21.5. The third kappa shape index (κ3) is 3.83.